The highest BCUT2D eigenvalue weighted by molar-refractivity contribution is 7.13. The fraction of sp³-hybridized carbons (Fsp3) is 0.480. The number of aliphatic hydroxyl groups is 1. The first-order chi connectivity index (χ1) is 57.6. The molecule has 121 heavy (non-hydrogen) atoms. The Bertz CT molecular complexity index is 4190. The maximum atomic E-state index is 12.5. The van der Waals surface area contributed by atoms with E-state index in [0.29, 0.717) is 90.0 Å². The van der Waals surface area contributed by atoms with Gasteiger partial charge in [0.15, 0.2) is 17.1 Å². The molecule has 0 spiro atoms. The van der Waals surface area contributed by atoms with Gasteiger partial charge in [-0.15, -0.1) is 34.0 Å². The van der Waals surface area contributed by atoms with Gasteiger partial charge < -0.3 is 115 Å². The van der Waals surface area contributed by atoms with Gasteiger partial charge in [-0.3, -0.25) is 47.9 Å². The van der Waals surface area contributed by atoms with Gasteiger partial charge in [-0.05, 0) is 157 Å². The van der Waals surface area contributed by atoms with Crippen molar-refractivity contribution in [3.8, 4) is 11.5 Å². The maximum absolute atomic E-state index is 12.5. The third-order valence-electron chi connectivity index (χ3n) is 18.1. The van der Waals surface area contributed by atoms with E-state index in [1.54, 1.807) is 82.9 Å². The van der Waals surface area contributed by atoms with Crippen LogP contribution in [-0.2, 0) is 108 Å². The van der Waals surface area contributed by atoms with E-state index in [2.05, 4.69) is 51.7 Å². The summed E-state index contributed by atoms with van der Waals surface area (Å²) >= 11 is 3.80. The predicted molar refractivity (Wildman–Crippen MR) is 443 cm³/mol. The highest BCUT2D eigenvalue weighted by atomic mass is 32.1. The summed E-state index contributed by atoms with van der Waals surface area (Å²) in [7, 11) is -5.91. The molecule has 0 saturated carbocycles. The number of carboxylic acids is 2. The average Bonchev–Trinajstić information content (AvgIpc) is 1.85. The van der Waals surface area contributed by atoms with Crippen molar-refractivity contribution in [3.63, 3.8) is 0 Å². The smallest absolute Gasteiger partial charge is 0.478 e. The van der Waals surface area contributed by atoms with E-state index in [4.69, 9.17) is 43.4 Å². The van der Waals surface area contributed by atoms with E-state index in [1.807, 2.05) is 0 Å². The third-order valence-corrected chi connectivity index (χ3v) is 20.8. The summed E-state index contributed by atoms with van der Waals surface area (Å²) in [6.07, 6.45) is 4.99. The number of aromatic hydroxyl groups is 2. The van der Waals surface area contributed by atoms with Crippen LogP contribution in [-0.4, -0.2) is 260 Å². The number of oxime groups is 3. The molecule has 0 aliphatic carbocycles. The number of para-hydroxylation sites is 1. The Kier molecular flexibility index (Phi) is 43.3. The zero-order chi connectivity index (χ0) is 88.7. The van der Waals surface area contributed by atoms with Gasteiger partial charge in [0.05, 0.1) is 63.8 Å². The lowest BCUT2D eigenvalue weighted by Crippen LogP contribution is -2.54. The Balaban J connectivity index is 0.000000235. The minimum absolute atomic E-state index is 0.00664. The summed E-state index contributed by atoms with van der Waals surface area (Å²) in [6, 6.07) is 23.3. The van der Waals surface area contributed by atoms with Gasteiger partial charge in [-0.1, -0.05) is 64.0 Å². The zero-order valence-corrected chi connectivity index (χ0v) is 69.5. The molecule has 8 heterocycles. The first kappa shape index (κ1) is 99.9. The highest BCUT2D eigenvalue weighted by Gasteiger charge is 2.42. The molecule has 652 valence electrons. The number of aliphatic carboxylic acids is 2. The minimum Gasteiger partial charge on any atom is -0.508 e. The number of carboxylic acid groups (broad SMARTS) is 2. The van der Waals surface area contributed by atoms with Gasteiger partial charge in [0.2, 0.25) is 25.0 Å². The van der Waals surface area contributed by atoms with Gasteiger partial charge >= 0.3 is 47.5 Å². The van der Waals surface area contributed by atoms with Crippen molar-refractivity contribution in [3.05, 3.63) is 127 Å². The predicted octanol–water partition coefficient (Wildman–Crippen LogP) is 1.75. The Labute approximate surface area is 710 Å². The summed E-state index contributed by atoms with van der Waals surface area (Å²) in [6.45, 7) is 5.75. The number of phenols is 2. The molecule has 5 aliphatic rings. The second-order valence-corrected chi connectivity index (χ2v) is 31.4. The molecule has 0 bridgehead atoms. The lowest BCUT2D eigenvalue weighted by molar-refractivity contribution is -0.143. The Hall–Kier alpha value is -9.93. The number of benzene rings is 2. The quantitative estimate of drug-likeness (QED) is 0.0121. The fourth-order valence-corrected chi connectivity index (χ4v) is 14.7. The van der Waals surface area contributed by atoms with Gasteiger partial charge in [0, 0.05) is 68.2 Å². The van der Waals surface area contributed by atoms with Crippen molar-refractivity contribution < 1.29 is 146 Å². The van der Waals surface area contributed by atoms with Gasteiger partial charge in [-0.2, -0.15) is 0 Å². The van der Waals surface area contributed by atoms with Crippen molar-refractivity contribution in [1.29, 1.82) is 0 Å². The molecule has 3 aromatic heterocycles. The molecule has 5 fully saturated rings. The number of amides is 5. The molecule has 5 aromatic rings. The van der Waals surface area contributed by atoms with Crippen molar-refractivity contribution in [2.45, 2.75) is 204 Å². The number of rotatable bonds is 34. The second kappa shape index (κ2) is 52.4. The molecule has 10 rings (SSSR count). The fourth-order valence-electron chi connectivity index (χ4n) is 12.6. The highest BCUT2D eigenvalue weighted by Crippen LogP contribution is 2.26. The van der Waals surface area contributed by atoms with Crippen LogP contribution in [0.15, 0.2) is 117 Å². The van der Waals surface area contributed by atoms with Crippen molar-refractivity contribution in [2.75, 3.05) is 26.4 Å². The van der Waals surface area contributed by atoms with E-state index >= 15 is 0 Å². The Morgan fingerprint density at radius 2 is 0.719 bits per heavy atom. The van der Waals surface area contributed by atoms with Gasteiger partial charge in [0.1, 0.15) is 47.0 Å². The van der Waals surface area contributed by atoms with Crippen LogP contribution in [0.2, 0.25) is 0 Å². The molecule has 0 radical (unpaired) electrons. The van der Waals surface area contributed by atoms with E-state index in [9.17, 15) is 92.9 Å². The topological polar surface area (TPSA) is 578 Å². The van der Waals surface area contributed by atoms with E-state index in [0.717, 1.165) is 0 Å². The molecule has 10 atom stereocenters. The first-order valence-electron chi connectivity index (χ1n) is 38.6. The Morgan fingerprint density at radius 1 is 0.405 bits per heavy atom. The normalized spacial score (nSPS) is 21.0. The Morgan fingerprint density at radius 3 is 1.00 bits per heavy atom. The number of thiophene rings is 3. The molecule has 38 nitrogen and oxygen atoms in total. The van der Waals surface area contributed by atoms with Gasteiger partial charge in [0.25, 0.3) is 17.7 Å². The van der Waals surface area contributed by atoms with Crippen molar-refractivity contribution in [1.82, 2.24) is 26.6 Å². The number of aliphatic hydroxyl groups excluding tert-OH is 1. The molecule has 15 N–H and O–H groups in total. The third kappa shape index (κ3) is 37.1. The van der Waals surface area contributed by atoms with Gasteiger partial charge in [-0.25, -0.2) is 9.59 Å². The molecule has 5 aliphatic heterocycles. The molecular weight excluding hydrogens is 1640 g/mol. The number of carbonyl (C=O) groups excluding carboxylic acids is 10. The molecule has 46 heteroatoms. The van der Waals surface area contributed by atoms with Crippen LogP contribution >= 0.6 is 34.0 Å². The van der Waals surface area contributed by atoms with Crippen LogP contribution in [0.1, 0.15) is 157 Å². The first-order valence-corrected chi connectivity index (χ1v) is 41.2. The number of ketones is 5. The molecule has 2 aromatic carbocycles. The summed E-state index contributed by atoms with van der Waals surface area (Å²) in [5.74, 6) is -7.49. The maximum Gasteiger partial charge on any atom is 0.478 e. The van der Waals surface area contributed by atoms with Crippen molar-refractivity contribution >= 4 is 157 Å². The van der Waals surface area contributed by atoms with E-state index < -0.39 is 108 Å². The number of carbonyl (C=O) groups is 12. The second-order valence-electron chi connectivity index (χ2n) is 28.5. The molecular formula is C75H99B5N8O30S3. The van der Waals surface area contributed by atoms with Crippen LogP contribution in [0.25, 0.3) is 0 Å². The molecule has 0 unspecified atom stereocenters. The summed E-state index contributed by atoms with van der Waals surface area (Å²) < 4.78 is 26.8. The SMILES string of the molecule is CC(=O)C[C@@H]1CC[C@H](NC(=O)/C(=N/OCC(=O)O)c2cccs2)B(O)O1.CC(=O)C[C@@H]1CC[C@H](NC(=O)/C(=N\OCC(=O)O)c2cccs2)B(O)O1.CC(=O)C[C@@H]1CC[C@H](NC(=O)/C(=N\OCCO)c2cccs2)B(O)O1.CC(=O)C[C@@H]1CC[C@H](NC(=O)Cc2cccc(O)c2)B(O)O1.CC(=O)C[C@@H]1CC[C@H](NC(=O)Cc2ccccc2O)B(O)O1. The lowest BCUT2D eigenvalue weighted by Gasteiger charge is -2.31. The number of Topliss-reactive ketones (excluding diaryl/α,β-unsaturated/α-hetero) is 5. The van der Waals surface area contributed by atoms with Crippen LogP contribution in [0.4, 0.5) is 0 Å². The van der Waals surface area contributed by atoms with Crippen LogP contribution in [0.3, 0.4) is 0 Å². The number of nitrogens with zero attached hydrogens (tertiary/aromatic N) is 3. The minimum atomic E-state index is -1.25. The molecule has 5 amide bonds. The average molecular weight is 1740 g/mol. The summed E-state index contributed by atoms with van der Waals surface area (Å²) in [5.41, 5.74) is 1.12. The van der Waals surface area contributed by atoms with E-state index in [-0.39, 0.29) is 158 Å². The summed E-state index contributed by atoms with van der Waals surface area (Å²) in [4.78, 5) is 154. The largest absolute Gasteiger partial charge is 0.508 e. The van der Waals surface area contributed by atoms with Crippen LogP contribution in [0.5, 0.6) is 11.5 Å². The van der Waals surface area contributed by atoms with Crippen molar-refractivity contribution in [2.24, 2.45) is 15.5 Å². The van der Waals surface area contributed by atoms with Crippen LogP contribution in [0, 0.1) is 0 Å². The number of nitrogens with one attached hydrogen (secondary N) is 5. The zero-order valence-electron chi connectivity index (χ0n) is 67.0. The number of hydrogen-bond donors (Lipinski definition) is 15. The lowest BCUT2D eigenvalue weighted by atomic mass is 9.72. The molecule has 5 saturated heterocycles. The number of hydrogen-bond acceptors (Lipinski definition) is 34. The standard InChI is InChI=1S/2C15H19BN2O7S.C15H21BN2O6S.2C15H20BNO5/c2*1-9(19)7-10-4-5-12(16(23)25-10)17-15(22)14(11-3-2-6-26-11)18-24-8-13(20)21;1-10(20)9-11-4-5-13(16(22)24-11)17-15(21)14(18-23-7-6-19)12-3-2-8-25-12;1-10(18)7-13-5-6-14(16(21)22-13)17-15(20)9-11-3-2-4-12(19)8-11;1-10(18)8-12-6-7-14(16(21)22-12)17-15(20)9-11-4-2-3-5-13(11)19/h2*2-3,6,10,12,23H,4-5,7-8H2,1H3,(H,17,22)(H,20,21);2-3,8,11,13,19,22H,4-7,9H2,1H3,(H,17,21);2-4,8,13-14,19,21H,5-7,9H2,1H3,(H,17,20);2-5,12,14,19,21H,6-9H2,1H3,(H,17,20)/b18-14+;2*18-14-;;/t2*10-,12-;11-,13-;13-,14-;12-,14-/m00000/s1. The van der Waals surface area contributed by atoms with E-state index in [1.165, 1.54) is 86.8 Å². The number of phenolic OH excluding ortho intramolecular Hbond substituents is 2. The summed E-state index contributed by atoms with van der Waals surface area (Å²) in [5, 5.41) is 125. The monoisotopic (exact) mass is 1740 g/mol. The van der Waals surface area contributed by atoms with Crippen LogP contribution < -0.4 is 26.6 Å².